The van der Waals surface area contributed by atoms with Crippen LogP contribution in [0.5, 0.6) is 0 Å². The predicted octanol–water partition coefficient (Wildman–Crippen LogP) is 2.14. The lowest BCUT2D eigenvalue weighted by molar-refractivity contribution is -0.149. The van der Waals surface area contributed by atoms with Crippen molar-refractivity contribution >= 4 is 18.4 Å². The fourth-order valence-electron chi connectivity index (χ4n) is 3.51. The monoisotopic (exact) mass is 330 g/mol. The van der Waals surface area contributed by atoms with Crippen molar-refractivity contribution in [2.24, 2.45) is 0 Å². The lowest BCUT2D eigenvalue weighted by Crippen LogP contribution is -2.56. The fourth-order valence-corrected chi connectivity index (χ4v) is 3.51. The Kier molecular flexibility index (Phi) is 4.39. The standard InChI is InChI=1S/C18H18N2O2.ClH/c21-17-16-13-19-11-12-20(16)18(22-17,14-7-3-1-4-8-14)15-9-5-2-6-10-15;/h1-10,16,19H,11-13H2;1H. The summed E-state index contributed by atoms with van der Waals surface area (Å²) in [5.74, 6) is -0.153. The Morgan fingerprint density at radius 2 is 1.57 bits per heavy atom. The van der Waals surface area contributed by atoms with Gasteiger partial charge >= 0.3 is 5.97 Å². The van der Waals surface area contributed by atoms with Crippen LogP contribution in [0.4, 0.5) is 0 Å². The van der Waals surface area contributed by atoms with E-state index in [1.165, 1.54) is 0 Å². The molecule has 2 aromatic rings. The molecule has 1 unspecified atom stereocenters. The molecule has 23 heavy (non-hydrogen) atoms. The summed E-state index contributed by atoms with van der Waals surface area (Å²) in [5.41, 5.74) is 1.18. The number of ether oxygens (including phenoxy) is 1. The lowest BCUT2D eigenvalue weighted by atomic mass is 9.92. The van der Waals surface area contributed by atoms with Crippen LogP contribution in [-0.4, -0.2) is 36.5 Å². The third kappa shape index (κ3) is 2.43. The molecule has 4 rings (SSSR count). The second-order valence-electron chi connectivity index (χ2n) is 5.71. The second kappa shape index (κ2) is 6.32. The van der Waals surface area contributed by atoms with Crippen LogP contribution in [0.25, 0.3) is 0 Å². The number of esters is 1. The van der Waals surface area contributed by atoms with E-state index in [1.807, 2.05) is 60.7 Å². The third-order valence-corrected chi connectivity index (χ3v) is 4.50. The number of hydrogen-bond acceptors (Lipinski definition) is 4. The number of halogens is 1. The molecule has 2 aliphatic heterocycles. The number of nitrogens with one attached hydrogen (secondary N) is 1. The molecule has 5 heteroatoms. The van der Waals surface area contributed by atoms with Gasteiger partial charge in [-0.25, -0.2) is 4.90 Å². The summed E-state index contributed by atoms with van der Waals surface area (Å²) in [6.07, 6.45) is 0. The first-order valence-corrected chi connectivity index (χ1v) is 7.64. The van der Waals surface area contributed by atoms with Crippen LogP contribution in [0.15, 0.2) is 60.7 Å². The summed E-state index contributed by atoms with van der Waals surface area (Å²) in [6.45, 7) is 2.27. The average Bonchev–Trinajstić information content (AvgIpc) is 2.91. The van der Waals surface area contributed by atoms with Gasteiger partial charge in [0.2, 0.25) is 5.72 Å². The minimum Gasteiger partial charge on any atom is -0.434 e. The number of carbonyl (C=O) groups excluding carboxylic acids is 1. The molecular formula is C18H19ClN2O2. The van der Waals surface area contributed by atoms with Gasteiger partial charge in [-0.15, -0.1) is 12.4 Å². The SMILES string of the molecule is Cl.O=C1OC(c2ccccc2)(c2ccccc2)N2CCNCC12. The molecule has 0 aliphatic carbocycles. The molecule has 0 bridgehead atoms. The van der Waals surface area contributed by atoms with E-state index in [0.29, 0.717) is 6.54 Å². The zero-order valence-corrected chi connectivity index (χ0v) is 13.5. The minimum atomic E-state index is -0.813. The van der Waals surface area contributed by atoms with E-state index in [4.69, 9.17) is 4.74 Å². The lowest BCUT2D eigenvalue weighted by Gasteiger charge is -2.40. The Balaban J connectivity index is 0.00000156. The summed E-state index contributed by atoms with van der Waals surface area (Å²) < 4.78 is 6.02. The summed E-state index contributed by atoms with van der Waals surface area (Å²) in [4.78, 5) is 14.7. The van der Waals surface area contributed by atoms with Crippen LogP contribution >= 0.6 is 12.4 Å². The van der Waals surface area contributed by atoms with Gasteiger partial charge in [0.05, 0.1) is 0 Å². The molecule has 0 saturated carbocycles. The van der Waals surface area contributed by atoms with Crippen LogP contribution < -0.4 is 5.32 Å². The first-order valence-electron chi connectivity index (χ1n) is 7.64. The van der Waals surface area contributed by atoms with Crippen molar-refractivity contribution in [2.75, 3.05) is 19.6 Å². The number of benzene rings is 2. The van der Waals surface area contributed by atoms with Crippen molar-refractivity contribution in [3.63, 3.8) is 0 Å². The molecule has 1 N–H and O–H groups in total. The molecule has 4 nitrogen and oxygen atoms in total. The topological polar surface area (TPSA) is 41.6 Å². The maximum atomic E-state index is 12.5. The number of piperazine rings is 1. The molecular weight excluding hydrogens is 312 g/mol. The predicted molar refractivity (Wildman–Crippen MR) is 90.4 cm³/mol. The van der Waals surface area contributed by atoms with Gasteiger partial charge in [-0.3, -0.25) is 4.79 Å². The van der Waals surface area contributed by atoms with Gasteiger partial charge in [-0.2, -0.15) is 0 Å². The van der Waals surface area contributed by atoms with Crippen LogP contribution in [0.3, 0.4) is 0 Å². The molecule has 2 saturated heterocycles. The van der Waals surface area contributed by atoms with Crippen LogP contribution in [-0.2, 0) is 15.3 Å². The van der Waals surface area contributed by atoms with Crippen LogP contribution in [0, 0.1) is 0 Å². The Labute approximate surface area is 141 Å². The number of rotatable bonds is 2. The maximum absolute atomic E-state index is 12.5. The molecule has 2 aromatic carbocycles. The number of hydrogen-bond donors (Lipinski definition) is 1. The second-order valence-corrected chi connectivity index (χ2v) is 5.71. The van der Waals surface area contributed by atoms with Crippen molar-refractivity contribution < 1.29 is 9.53 Å². The molecule has 2 fully saturated rings. The van der Waals surface area contributed by atoms with Crippen molar-refractivity contribution in [3.8, 4) is 0 Å². The molecule has 2 heterocycles. The molecule has 120 valence electrons. The number of carbonyl (C=O) groups is 1. The highest BCUT2D eigenvalue weighted by molar-refractivity contribution is 5.85. The van der Waals surface area contributed by atoms with Crippen molar-refractivity contribution in [3.05, 3.63) is 71.8 Å². The number of fused-ring (bicyclic) bond motifs is 1. The summed E-state index contributed by atoms with van der Waals surface area (Å²) >= 11 is 0. The molecule has 0 aromatic heterocycles. The Morgan fingerprint density at radius 3 is 2.13 bits per heavy atom. The first-order chi connectivity index (χ1) is 10.8. The van der Waals surface area contributed by atoms with Gasteiger partial charge in [0.25, 0.3) is 0 Å². The van der Waals surface area contributed by atoms with Gasteiger partial charge < -0.3 is 10.1 Å². The summed E-state index contributed by atoms with van der Waals surface area (Å²) in [7, 11) is 0. The summed E-state index contributed by atoms with van der Waals surface area (Å²) in [6, 6.07) is 19.8. The fraction of sp³-hybridized carbons (Fsp3) is 0.278. The molecule has 0 radical (unpaired) electrons. The Bertz CT molecular complexity index is 638. The van der Waals surface area contributed by atoms with Gasteiger partial charge in [-0.1, -0.05) is 60.7 Å². The quantitative estimate of drug-likeness (QED) is 0.857. The normalized spacial score (nSPS) is 22.8. The molecule has 0 amide bonds. The number of nitrogens with zero attached hydrogens (tertiary/aromatic N) is 1. The van der Waals surface area contributed by atoms with Gasteiger partial charge in [0, 0.05) is 30.8 Å². The smallest absolute Gasteiger partial charge is 0.327 e. The zero-order valence-electron chi connectivity index (χ0n) is 12.6. The highest BCUT2D eigenvalue weighted by atomic mass is 35.5. The molecule has 0 spiro atoms. The highest BCUT2D eigenvalue weighted by Crippen LogP contribution is 2.43. The van der Waals surface area contributed by atoms with E-state index in [9.17, 15) is 4.79 Å². The maximum Gasteiger partial charge on any atom is 0.327 e. The van der Waals surface area contributed by atoms with E-state index in [1.54, 1.807) is 0 Å². The van der Waals surface area contributed by atoms with Crippen molar-refractivity contribution in [1.82, 2.24) is 10.2 Å². The summed E-state index contributed by atoms with van der Waals surface area (Å²) in [5, 5.41) is 3.28. The van der Waals surface area contributed by atoms with E-state index in [0.717, 1.165) is 24.2 Å². The van der Waals surface area contributed by atoms with Gasteiger partial charge in [-0.05, 0) is 0 Å². The van der Waals surface area contributed by atoms with E-state index >= 15 is 0 Å². The first kappa shape index (κ1) is 16.0. The van der Waals surface area contributed by atoms with E-state index < -0.39 is 5.72 Å². The van der Waals surface area contributed by atoms with Crippen molar-refractivity contribution in [2.45, 2.75) is 11.8 Å². The molecule has 1 atom stereocenters. The Hall–Kier alpha value is -1.88. The zero-order chi connectivity index (χ0) is 15.0. The number of cyclic esters (lactones) is 1. The minimum absolute atomic E-state index is 0. The van der Waals surface area contributed by atoms with Crippen LogP contribution in [0.1, 0.15) is 11.1 Å². The van der Waals surface area contributed by atoms with E-state index in [2.05, 4.69) is 10.2 Å². The molecule has 2 aliphatic rings. The largest absolute Gasteiger partial charge is 0.434 e. The Morgan fingerprint density at radius 1 is 1.00 bits per heavy atom. The van der Waals surface area contributed by atoms with Crippen LogP contribution in [0.2, 0.25) is 0 Å². The average molecular weight is 331 g/mol. The highest BCUT2D eigenvalue weighted by Gasteiger charge is 2.56. The van der Waals surface area contributed by atoms with Crippen molar-refractivity contribution in [1.29, 1.82) is 0 Å². The third-order valence-electron chi connectivity index (χ3n) is 4.50. The van der Waals surface area contributed by atoms with Gasteiger partial charge in [0.1, 0.15) is 6.04 Å². The van der Waals surface area contributed by atoms with Gasteiger partial charge in [0.15, 0.2) is 0 Å². The van der Waals surface area contributed by atoms with E-state index in [-0.39, 0.29) is 24.4 Å².